The van der Waals surface area contributed by atoms with Gasteiger partial charge < -0.3 is 24.0 Å². The highest BCUT2D eigenvalue weighted by atomic mass is 35.5. The molecule has 0 fully saturated rings. The van der Waals surface area contributed by atoms with Gasteiger partial charge in [-0.1, -0.05) is 96.8 Å². The summed E-state index contributed by atoms with van der Waals surface area (Å²) in [6.45, 7) is -4.05. The Labute approximate surface area is 301 Å². The third-order valence-electron chi connectivity index (χ3n) is 7.96. The van der Waals surface area contributed by atoms with Gasteiger partial charge in [-0.2, -0.15) is 9.97 Å². The van der Waals surface area contributed by atoms with Crippen LogP contribution in [0.15, 0.2) is 104 Å². The summed E-state index contributed by atoms with van der Waals surface area (Å²) in [7, 11) is 1.63. The fraction of sp³-hybridized carbons (Fsp3) is 0.333. The standard InChI is InChI=1S/C28H28N4O2.C8H12N4O.ClH/c1-3-26-30-27(34-31-26)21-18-29-20-32(19-21)28(22-10-6-4-7-11-22,23-12-8-5-9-13-23)24-14-16-25(33-2)17-15-24;1-2-7-11-8(13-12-7)6-3-9-5-10-4-6;/h4-17,20-21H,3,18-19H2,1-2H3;5-6H,2-4H2,1H3,(H,9,10);1H/i1D3,3D2;1D3,2D2;. The van der Waals surface area contributed by atoms with Gasteiger partial charge in [-0.25, -0.2) is 0 Å². The van der Waals surface area contributed by atoms with Crippen LogP contribution in [-0.2, 0) is 18.3 Å². The van der Waals surface area contributed by atoms with Crippen LogP contribution < -0.4 is 10.1 Å². The number of aliphatic imine (C=N–C) groups is 2. The van der Waals surface area contributed by atoms with E-state index in [1.807, 2.05) is 67.0 Å². The SMILES string of the molecule is Cl.[2H]C([2H])([2H])C([2H])([2H])c1noc(C2CN=CN(C(c3ccccc3)(c3ccccc3)c3ccc(OC)cc3)C2)n1.[2H]C([2H])([2H])C([2H])([2H])c1noc(C2CN=CNC2)n1. The van der Waals surface area contributed by atoms with Crippen LogP contribution in [0.3, 0.4) is 0 Å². The van der Waals surface area contributed by atoms with Crippen molar-refractivity contribution in [2.75, 3.05) is 33.3 Å². The second kappa shape index (κ2) is 16.2. The molecular formula is C36H41ClN8O3. The average Bonchev–Trinajstić information content (AvgIpc) is 3.92. The zero-order valence-electron chi connectivity index (χ0n) is 36.0. The van der Waals surface area contributed by atoms with Crippen LogP contribution in [0.25, 0.3) is 0 Å². The van der Waals surface area contributed by atoms with Crippen molar-refractivity contribution in [1.29, 1.82) is 0 Å². The molecule has 0 aliphatic carbocycles. The minimum Gasteiger partial charge on any atom is -0.497 e. The number of aromatic nitrogens is 4. The predicted molar refractivity (Wildman–Crippen MR) is 187 cm³/mol. The summed E-state index contributed by atoms with van der Waals surface area (Å²) in [5, 5.41) is 10.0. The highest BCUT2D eigenvalue weighted by Gasteiger charge is 2.43. The van der Waals surface area contributed by atoms with Gasteiger partial charge in [-0.3, -0.25) is 9.98 Å². The largest absolute Gasteiger partial charge is 0.497 e. The maximum atomic E-state index is 8.02. The summed E-state index contributed by atoms with van der Waals surface area (Å²) in [6.07, 6.45) is -1.98. The monoisotopic (exact) mass is 678 g/mol. The molecule has 4 heterocycles. The maximum absolute atomic E-state index is 8.02. The highest BCUT2D eigenvalue weighted by molar-refractivity contribution is 5.85. The molecule has 0 saturated heterocycles. The van der Waals surface area contributed by atoms with Crippen LogP contribution in [0.2, 0.25) is 0 Å². The predicted octanol–water partition coefficient (Wildman–Crippen LogP) is 5.83. The van der Waals surface area contributed by atoms with Gasteiger partial charge >= 0.3 is 0 Å². The van der Waals surface area contributed by atoms with Crippen molar-refractivity contribution >= 4 is 25.1 Å². The Bertz CT molecular complexity index is 2110. The van der Waals surface area contributed by atoms with E-state index in [1.165, 1.54) is 0 Å². The van der Waals surface area contributed by atoms with Gasteiger partial charge in [0.1, 0.15) is 11.3 Å². The molecule has 7 rings (SSSR count). The molecule has 0 bridgehead atoms. The highest BCUT2D eigenvalue weighted by Crippen LogP contribution is 2.44. The van der Waals surface area contributed by atoms with E-state index in [-0.39, 0.29) is 30.1 Å². The second-order valence-corrected chi connectivity index (χ2v) is 10.8. The van der Waals surface area contributed by atoms with Crippen LogP contribution in [0.4, 0.5) is 0 Å². The average molecular weight is 679 g/mol. The van der Waals surface area contributed by atoms with E-state index in [2.05, 4.69) is 64.7 Å². The molecule has 0 saturated carbocycles. The molecule has 2 atom stereocenters. The van der Waals surface area contributed by atoms with Crippen molar-refractivity contribution in [1.82, 2.24) is 30.5 Å². The third kappa shape index (κ3) is 7.26. The number of methoxy groups -OCH3 is 1. The molecule has 2 aromatic heterocycles. The molecule has 5 aromatic rings. The van der Waals surface area contributed by atoms with Crippen molar-refractivity contribution < 1.29 is 27.5 Å². The fourth-order valence-electron chi connectivity index (χ4n) is 5.76. The molecule has 0 radical (unpaired) electrons. The first-order valence-electron chi connectivity index (χ1n) is 19.9. The van der Waals surface area contributed by atoms with Gasteiger partial charge in [-0.05, 0) is 28.8 Å². The summed E-state index contributed by atoms with van der Waals surface area (Å²) in [5.41, 5.74) is 2.21. The second-order valence-electron chi connectivity index (χ2n) is 10.8. The number of nitrogens with one attached hydrogen (secondary N) is 1. The number of benzene rings is 3. The van der Waals surface area contributed by atoms with Crippen LogP contribution in [0.5, 0.6) is 5.75 Å². The van der Waals surface area contributed by atoms with Crippen molar-refractivity contribution in [2.24, 2.45) is 9.98 Å². The molecule has 11 nitrogen and oxygen atoms in total. The number of ether oxygens (including phenoxy) is 1. The third-order valence-corrected chi connectivity index (χ3v) is 7.96. The minimum absolute atomic E-state index is 0. The number of rotatable bonds is 9. The lowest BCUT2D eigenvalue weighted by molar-refractivity contribution is 0.228. The zero-order chi connectivity index (χ0) is 41.1. The number of nitrogens with zero attached hydrogens (tertiary/aromatic N) is 7. The first kappa shape index (κ1) is 23.3. The van der Waals surface area contributed by atoms with Crippen LogP contribution in [-0.4, -0.2) is 71.1 Å². The fourth-order valence-corrected chi connectivity index (χ4v) is 5.76. The quantitative estimate of drug-likeness (QED) is 0.192. The Kier molecular flexibility index (Phi) is 7.86. The minimum atomic E-state index is -2.94. The van der Waals surface area contributed by atoms with Crippen molar-refractivity contribution in [3.8, 4) is 5.75 Å². The van der Waals surface area contributed by atoms with E-state index >= 15 is 0 Å². The number of halogens is 1. The molecule has 250 valence electrons. The molecular weight excluding hydrogens is 628 g/mol. The normalized spacial score (nSPS) is 21.3. The number of hydrogen-bond acceptors (Lipinski definition) is 11. The Balaban J connectivity index is 0.000000283. The van der Waals surface area contributed by atoms with Gasteiger partial charge in [0.25, 0.3) is 0 Å². The smallest absolute Gasteiger partial charge is 0.233 e. The van der Waals surface area contributed by atoms with E-state index in [0.717, 1.165) is 22.4 Å². The first-order chi connectivity index (χ1) is 27.0. The van der Waals surface area contributed by atoms with Crippen LogP contribution in [0.1, 0.15) is 79.4 Å². The Hall–Kier alpha value is -5.03. The van der Waals surface area contributed by atoms with Gasteiger partial charge in [0.05, 0.1) is 44.7 Å². The van der Waals surface area contributed by atoms with E-state index < -0.39 is 49.6 Å². The van der Waals surface area contributed by atoms with E-state index in [0.29, 0.717) is 26.2 Å². The summed E-state index contributed by atoms with van der Waals surface area (Å²) in [4.78, 5) is 18.8. The summed E-state index contributed by atoms with van der Waals surface area (Å²) >= 11 is 0. The molecule has 2 aliphatic rings. The summed E-state index contributed by atoms with van der Waals surface area (Å²) < 4.78 is 90.9. The molecule has 0 spiro atoms. The van der Waals surface area contributed by atoms with Gasteiger partial charge in [0, 0.05) is 39.5 Å². The summed E-state index contributed by atoms with van der Waals surface area (Å²) in [6, 6.07) is 28.1. The number of aryl methyl sites for hydroxylation is 2. The molecule has 1 N–H and O–H groups in total. The van der Waals surface area contributed by atoms with E-state index in [9.17, 15) is 0 Å². The van der Waals surface area contributed by atoms with Gasteiger partial charge in [-0.15, -0.1) is 12.4 Å². The lowest BCUT2D eigenvalue weighted by Gasteiger charge is -2.46. The van der Waals surface area contributed by atoms with Crippen LogP contribution >= 0.6 is 12.4 Å². The topological polar surface area (TPSA) is 127 Å². The molecule has 2 unspecified atom stereocenters. The Morgan fingerprint density at radius 3 is 1.92 bits per heavy atom. The molecule has 3 aromatic carbocycles. The van der Waals surface area contributed by atoms with Gasteiger partial charge in [0.15, 0.2) is 11.6 Å². The van der Waals surface area contributed by atoms with Crippen molar-refractivity contribution in [3.05, 3.63) is 125 Å². The van der Waals surface area contributed by atoms with E-state index in [4.69, 9.17) is 27.5 Å². The lowest BCUT2D eigenvalue weighted by atomic mass is 9.75. The first-order valence-corrected chi connectivity index (χ1v) is 14.9. The number of hydrogen-bond donors (Lipinski definition) is 1. The van der Waals surface area contributed by atoms with E-state index in [1.54, 1.807) is 13.4 Å². The maximum Gasteiger partial charge on any atom is 0.233 e. The molecule has 48 heavy (non-hydrogen) atoms. The molecule has 2 aliphatic heterocycles. The Morgan fingerprint density at radius 2 is 1.38 bits per heavy atom. The molecule has 0 amide bonds. The van der Waals surface area contributed by atoms with Crippen molar-refractivity contribution in [3.63, 3.8) is 0 Å². The Morgan fingerprint density at radius 1 is 0.812 bits per heavy atom. The van der Waals surface area contributed by atoms with Crippen LogP contribution in [0, 0.1) is 0 Å². The zero-order valence-corrected chi connectivity index (χ0v) is 26.8. The van der Waals surface area contributed by atoms with Crippen molar-refractivity contribution in [2.45, 2.75) is 43.8 Å². The lowest BCUT2D eigenvalue weighted by Crippen LogP contribution is -2.50. The molecule has 12 heteroatoms. The van der Waals surface area contributed by atoms with Gasteiger partial charge in [0.2, 0.25) is 11.8 Å². The summed E-state index contributed by atoms with van der Waals surface area (Å²) in [5.74, 6) is -0.427.